The van der Waals surface area contributed by atoms with E-state index in [0.717, 1.165) is 0 Å². The van der Waals surface area contributed by atoms with Gasteiger partial charge in [0.05, 0.1) is 26.4 Å². The van der Waals surface area contributed by atoms with E-state index in [2.05, 4.69) is 0 Å². The zero-order chi connectivity index (χ0) is 23.9. The van der Waals surface area contributed by atoms with Crippen LogP contribution in [0.15, 0.2) is 0 Å². The van der Waals surface area contributed by atoms with E-state index in [1.54, 1.807) is 0 Å². The van der Waals surface area contributed by atoms with Crippen molar-refractivity contribution in [2.24, 2.45) is 0 Å². The van der Waals surface area contributed by atoms with Crippen molar-refractivity contribution in [3.63, 3.8) is 0 Å². The van der Waals surface area contributed by atoms with Crippen molar-refractivity contribution in [1.29, 1.82) is 0 Å². The molecule has 31 heavy (non-hydrogen) atoms. The summed E-state index contributed by atoms with van der Waals surface area (Å²) >= 11 is 0. The maximum Gasteiger partial charge on any atom is 0.189 e. The summed E-state index contributed by atoms with van der Waals surface area (Å²) in [5, 5.41) is 110. The van der Waals surface area contributed by atoms with Gasteiger partial charge in [0.2, 0.25) is 0 Å². The number of aliphatic hydroxyl groups is 12. The van der Waals surface area contributed by atoms with Gasteiger partial charge in [-0.1, -0.05) is 0 Å². The normalized spacial score (nSPS) is 43.0. The predicted molar refractivity (Wildman–Crippen MR) is 94.8 cm³/mol. The van der Waals surface area contributed by atoms with Crippen molar-refractivity contribution in [3.8, 4) is 0 Å². The highest BCUT2D eigenvalue weighted by molar-refractivity contribution is 4.92. The summed E-state index contributed by atoms with van der Waals surface area (Å²) in [6.07, 6.45) is -18.0. The van der Waals surface area contributed by atoms with E-state index in [0.29, 0.717) is 0 Å². The van der Waals surface area contributed by atoms with E-state index in [1.165, 1.54) is 0 Å². The van der Waals surface area contributed by atoms with Gasteiger partial charge in [-0.05, 0) is 0 Å². The molecule has 2 aliphatic rings. The number of aliphatic hydroxyl groups excluding tert-OH is 12. The van der Waals surface area contributed by atoms with Gasteiger partial charge >= 0.3 is 0 Å². The lowest BCUT2D eigenvalue weighted by Gasteiger charge is -2.44. The quantitative estimate of drug-likeness (QED) is 0.167. The summed E-state index contributed by atoms with van der Waals surface area (Å²) in [6.45, 7) is -2.39. The van der Waals surface area contributed by atoms with Crippen LogP contribution in [0.2, 0.25) is 0 Å². The highest BCUT2D eigenvalue weighted by Crippen LogP contribution is 2.27. The summed E-state index contributed by atoms with van der Waals surface area (Å²) in [4.78, 5) is 0. The van der Waals surface area contributed by atoms with E-state index < -0.39 is 100 Å². The van der Waals surface area contributed by atoms with Crippen LogP contribution in [-0.2, 0) is 14.2 Å². The average molecular weight is 464 g/mol. The summed E-state index contributed by atoms with van der Waals surface area (Å²) in [7, 11) is 0. The summed E-state index contributed by atoms with van der Waals surface area (Å²) in [5.41, 5.74) is 0. The maximum absolute atomic E-state index is 9.84. The third kappa shape index (κ3) is 7.19. The number of hydrogen-bond donors (Lipinski definition) is 12. The molecule has 2 unspecified atom stereocenters. The number of rotatable bonds is 7. The molecule has 0 aliphatic carbocycles. The van der Waals surface area contributed by atoms with Crippen molar-refractivity contribution in [3.05, 3.63) is 0 Å². The molecular formula is C16H32O15. The molecule has 12 N–H and O–H groups in total. The SMILES string of the molecule is OCC(O)C(O)CO.OC[C@H]1O[C@H](O[C@H]2O[C@H](CO)[C@@H](O)[C@H](O)[C@H]2O)[C@H](O)[C@@H](O)[C@@H]1O. The van der Waals surface area contributed by atoms with Crippen molar-refractivity contribution in [2.75, 3.05) is 26.4 Å². The molecule has 2 fully saturated rings. The largest absolute Gasteiger partial charge is 0.394 e. The number of ether oxygens (including phenoxy) is 3. The molecule has 0 radical (unpaired) electrons. The van der Waals surface area contributed by atoms with Gasteiger partial charge < -0.3 is 75.5 Å². The Morgan fingerprint density at radius 3 is 1.13 bits per heavy atom. The molecule has 2 rings (SSSR count). The van der Waals surface area contributed by atoms with E-state index in [-0.39, 0.29) is 0 Å². The van der Waals surface area contributed by atoms with Crippen LogP contribution in [-0.4, -0.2) is 161 Å². The molecule has 12 atom stereocenters. The molecule has 0 aromatic carbocycles. The van der Waals surface area contributed by atoms with Crippen molar-refractivity contribution in [1.82, 2.24) is 0 Å². The molecule has 0 bridgehead atoms. The molecule has 0 saturated carbocycles. The van der Waals surface area contributed by atoms with E-state index >= 15 is 0 Å². The van der Waals surface area contributed by atoms with Crippen molar-refractivity contribution < 1.29 is 75.5 Å². The first-order valence-electron chi connectivity index (χ1n) is 9.38. The molecule has 2 aliphatic heterocycles. The average Bonchev–Trinajstić information content (AvgIpc) is 2.78. The van der Waals surface area contributed by atoms with Gasteiger partial charge in [-0.3, -0.25) is 0 Å². The molecule has 15 nitrogen and oxygen atoms in total. The fourth-order valence-electron chi connectivity index (χ4n) is 2.74. The first-order chi connectivity index (χ1) is 14.5. The second kappa shape index (κ2) is 13.2. The highest BCUT2D eigenvalue weighted by Gasteiger charge is 2.49. The molecule has 2 heterocycles. The van der Waals surface area contributed by atoms with E-state index in [4.69, 9.17) is 44.8 Å². The van der Waals surface area contributed by atoms with Crippen LogP contribution >= 0.6 is 0 Å². The standard InChI is InChI=1S/C12H22O11.C4H10O4/c13-1-3-5(15)7(17)9(19)11(21-3)23-12-10(20)8(18)6(16)4(2-14)22-12;5-1-3(7)4(8)2-6/h3-20H,1-2H2;3-8H,1-2H2/t3-,4-,5-,6-,7+,8+,9-,10-,11-,12-;/m1./s1. The molecule has 186 valence electrons. The summed E-state index contributed by atoms with van der Waals surface area (Å²) in [5.74, 6) is 0. The zero-order valence-corrected chi connectivity index (χ0v) is 16.3. The van der Waals surface area contributed by atoms with Gasteiger partial charge in [-0.2, -0.15) is 0 Å². The molecule has 0 aromatic heterocycles. The minimum absolute atomic E-state index is 0.526. The minimum atomic E-state index is -1.72. The van der Waals surface area contributed by atoms with E-state index in [9.17, 15) is 30.6 Å². The Kier molecular flexibility index (Phi) is 12.1. The highest BCUT2D eigenvalue weighted by atomic mass is 16.8. The lowest BCUT2D eigenvalue weighted by molar-refractivity contribution is -0.376. The van der Waals surface area contributed by atoms with Gasteiger partial charge in [0, 0.05) is 0 Å². The van der Waals surface area contributed by atoms with Crippen LogP contribution < -0.4 is 0 Å². The second-order valence-electron chi connectivity index (χ2n) is 7.03. The van der Waals surface area contributed by atoms with Crippen LogP contribution in [0.3, 0.4) is 0 Å². The Bertz CT molecular complexity index is 452. The summed E-state index contributed by atoms with van der Waals surface area (Å²) in [6, 6.07) is 0. The first-order valence-corrected chi connectivity index (χ1v) is 9.38. The Balaban J connectivity index is 0.000000512. The molecule has 0 aromatic rings. The van der Waals surface area contributed by atoms with Crippen molar-refractivity contribution in [2.45, 2.75) is 73.6 Å². The van der Waals surface area contributed by atoms with Crippen molar-refractivity contribution >= 4 is 0 Å². The minimum Gasteiger partial charge on any atom is -0.394 e. The zero-order valence-electron chi connectivity index (χ0n) is 16.3. The maximum atomic E-state index is 9.84. The topological polar surface area (TPSA) is 270 Å². The smallest absolute Gasteiger partial charge is 0.189 e. The molecule has 0 spiro atoms. The lowest BCUT2D eigenvalue weighted by Crippen LogP contribution is -2.63. The second-order valence-corrected chi connectivity index (χ2v) is 7.03. The molecule has 2 saturated heterocycles. The monoisotopic (exact) mass is 464 g/mol. The first kappa shape index (κ1) is 28.4. The fraction of sp³-hybridized carbons (Fsp3) is 1.00. The Hall–Kier alpha value is -0.600. The molecule has 15 heteroatoms. The van der Waals surface area contributed by atoms with Crippen LogP contribution in [0.4, 0.5) is 0 Å². The molecule has 0 amide bonds. The third-order valence-corrected chi connectivity index (χ3v) is 4.78. The van der Waals surface area contributed by atoms with Gasteiger partial charge in [-0.25, -0.2) is 0 Å². The van der Waals surface area contributed by atoms with Gasteiger partial charge in [0.1, 0.15) is 61.0 Å². The van der Waals surface area contributed by atoms with E-state index in [1.807, 2.05) is 0 Å². The number of hydrogen-bond acceptors (Lipinski definition) is 15. The van der Waals surface area contributed by atoms with Crippen LogP contribution in [0.5, 0.6) is 0 Å². The Morgan fingerprint density at radius 2 is 0.871 bits per heavy atom. The third-order valence-electron chi connectivity index (χ3n) is 4.78. The fourth-order valence-corrected chi connectivity index (χ4v) is 2.74. The van der Waals surface area contributed by atoms with Crippen LogP contribution in [0.25, 0.3) is 0 Å². The predicted octanol–water partition coefficient (Wildman–Crippen LogP) is -7.70. The Labute approximate surface area is 176 Å². The molecular weight excluding hydrogens is 432 g/mol. The van der Waals surface area contributed by atoms with Crippen LogP contribution in [0, 0.1) is 0 Å². The summed E-state index contributed by atoms with van der Waals surface area (Å²) < 4.78 is 15.3. The van der Waals surface area contributed by atoms with Gasteiger partial charge in [-0.15, -0.1) is 0 Å². The van der Waals surface area contributed by atoms with Crippen LogP contribution in [0.1, 0.15) is 0 Å². The van der Waals surface area contributed by atoms with Gasteiger partial charge in [0.15, 0.2) is 12.6 Å². The Morgan fingerprint density at radius 1 is 0.548 bits per heavy atom. The van der Waals surface area contributed by atoms with Gasteiger partial charge in [0.25, 0.3) is 0 Å². The lowest BCUT2D eigenvalue weighted by atomic mass is 9.98.